The first-order valence-corrected chi connectivity index (χ1v) is 5.97. The first-order chi connectivity index (χ1) is 7.65. The van der Waals surface area contributed by atoms with Crippen LogP contribution in [0.5, 0.6) is 0 Å². The van der Waals surface area contributed by atoms with Crippen molar-refractivity contribution in [2.45, 2.75) is 44.8 Å². The number of aliphatic hydroxyl groups is 1. The highest BCUT2D eigenvalue weighted by molar-refractivity contribution is 4.98. The number of hydrogen-bond donors (Lipinski definition) is 1. The fourth-order valence-electron chi connectivity index (χ4n) is 2.27. The summed E-state index contributed by atoms with van der Waals surface area (Å²) in [5, 5.41) is 9.25. The van der Waals surface area contributed by atoms with Crippen LogP contribution >= 0.6 is 0 Å². The van der Waals surface area contributed by atoms with Crippen molar-refractivity contribution in [3.8, 4) is 0 Å². The Kier molecular flexibility index (Phi) is 3.61. The van der Waals surface area contributed by atoms with Gasteiger partial charge in [0.05, 0.1) is 12.3 Å². The van der Waals surface area contributed by atoms with Crippen LogP contribution < -0.4 is 0 Å². The van der Waals surface area contributed by atoms with Crippen LogP contribution in [0.4, 0.5) is 0 Å². The fraction of sp³-hybridized carbons (Fsp3) is 0.750. The molecule has 1 aromatic heterocycles. The molecule has 16 heavy (non-hydrogen) atoms. The van der Waals surface area contributed by atoms with Crippen molar-refractivity contribution in [2.24, 2.45) is 0 Å². The molecule has 4 nitrogen and oxygen atoms in total. The van der Waals surface area contributed by atoms with Gasteiger partial charge in [-0.15, -0.1) is 0 Å². The molecule has 2 heterocycles. The lowest BCUT2D eigenvalue weighted by Gasteiger charge is -2.17. The van der Waals surface area contributed by atoms with Crippen LogP contribution in [0, 0.1) is 0 Å². The van der Waals surface area contributed by atoms with Crippen LogP contribution in [0.1, 0.15) is 31.4 Å². The molecule has 2 atom stereocenters. The van der Waals surface area contributed by atoms with Crippen LogP contribution in [-0.4, -0.2) is 40.7 Å². The summed E-state index contributed by atoms with van der Waals surface area (Å²) in [6.45, 7) is 2.93. The maximum absolute atomic E-state index is 9.25. The summed E-state index contributed by atoms with van der Waals surface area (Å²) in [7, 11) is 2.15. The van der Waals surface area contributed by atoms with Gasteiger partial charge in [0, 0.05) is 18.9 Å². The van der Waals surface area contributed by atoms with Gasteiger partial charge >= 0.3 is 0 Å². The van der Waals surface area contributed by atoms with Crippen molar-refractivity contribution in [2.75, 3.05) is 13.6 Å². The van der Waals surface area contributed by atoms with E-state index in [1.807, 2.05) is 0 Å². The fourth-order valence-corrected chi connectivity index (χ4v) is 2.27. The Morgan fingerprint density at radius 2 is 2.50 bits per heavy atom. The lowest BCUT2D eigenvalue weighted by molar-refractivity contribution is 0.186. The molecule has 4 heteroatoms. The SMILES string of the molecule is CC(O)Cc1cnc(CC2CCCN2C)o1. The first kappa shape index (κ1) is 11.6. The van der Waals surface area contributed by atoms with E-state index >= 15 is 0 Å². The van der Waals surface area contributed by atoms with E-state index in [0.29, 0.717) is 12.5 Å². The number of rotatable bonds is 4. The molecule has 1 aliphatic heterocycles. The molecule has 0 radical (unpaired) electrons. The molecule has 1 fully saturated rings. The van der Waals surface area contributed by atoms with Gasteiger partial charge in [-0.1, -0.05) is 0 Å². The highest BCUT2D eigenvalue weighted by atomic mass is 16.4. The number of aliphatic hydroxyl groups excluding tert-OH is 1. The molecule has 2 rings (SSSR count). The summed E-state index contributed by atoms with van der Waals surface area (Å²) in [5.41, 5.74) is 0. The van der Waals surface area contributed by atoms with Crippen molar-refractivity contribution >= 4 is 0 Å². The second-order valence-electron chi connectivity index (χ2n) is 4.75. The van der Waals surface area contributed by atoms with E-state index in [2.05, 4.69) is 16.9 Å². The Labute approximate surface area is 96.3 Å². The van der Waals surface area contributed by atoms with Gasteiger partial charge in [-0.2, -0.15) is 0 Å². The van der Waals surface area contributed by atoms with Gasteiger partial charge in [-0.05, 0) is 33.4 Å². The van der Waals surface area contributed by atoms with Crippen LogP contribution in [0.3, 0.4) is 0 Å². The summed E-state index contributed by atoms with van der Waals surface area (Å²) < 4.78 is 5.61. The average molecular weight is 224 g/mol. The van der Waals surface area contributed by atoms with E-state index in [-0.39, 0.29) is 6.10 Å². The van der Waals surface area contributed by atoms with Gasteiger partial charge in [0.1, 0.15) is 5.76 Å². The molecule has 0 aromatic carbocycles. The van der Waals surface area contributed by atoms with Crippen molar-refractivity contribution in [3.63, 3.8) is 0 Å². The van der Waals surface area contributed by atoms with E-state index in [0.717, 1.165) is 18.1 Å². The molecular weight excluding hydrogens is 204 g/mol. The summed E-state index contributed by atoms with van der Waals surface area (Å²) in [6, 6.07) is 0.568. The molecule has 1 aromatic rings. The maximum Gasteiger partial charge on any atom is 0.195 e. The van der Waals surface area contributed by atoms with Crippen molar-refractivity contribution in [3.05, 3.63) is 17.8 Å². The number of likely N-dealkylation sites (N-methyl/N-ethyl adjacent to an activating group) is 1. The lowest BCUT2D eigenvalue weighted by Crippen LogP contribution is -2.26. The van der Waals surface area contributed by atoms with E-state index in [1.165, 1.54) is 19.4 Å². The van der Waals surface area contributed by atoms with E-state index in [1.54, 1.807) is 13.1 Å². The third kappa shape index (κ3) is 2.83. The molecule has 2 unspecified atom stereocenters. The zero-order valence-electron chi connectivity index (χ0n) is 10.0. The summed E-state index contributed by atoms with van der Waals surface area (Å²) in [6.07, 6.45) is 5.29. The third-order valence-electron chi connectivity index (χ3n) is 3.18. The molecule has 1 saturated heterocycles. The first-order valence-electron chi connectivity index (χ1n) is 5.97. The molecule has 0 saturated carbocycles. The van der Waals surface area contributed by atoms with Crippen LogP contribution in [-0.2, 0) is 12.8 Å². The lowest BCUT2D eigenvalue weighted by atomic mass is 10.1. The Bertz CT molecular complexity index is 336. The van der Waals surface area contributed by atoms with E-state index in [9.17, 15) is 5.11 Å². The highest BCUT2D eigenvalue weighted by Crippen LogP contribution is 2.19. The molecule has 0 spiro atoms. The van der Waals surface area contributed by atoms with Gasteiger partial charge in [0.2, 0.25) is 0 Å². The second kappa shape index (κ2) is 4.97. The zero-order chi connectivity index (χ0) is 11.5. The topological polar surface area (TPSA) is 49.5 Å². The largest absolute Gasteiger partial charge is 0.446 e. The standard InChI is InChI=1S/C12H20N2O2/c1-9(15)6-11-8-13-12(16-11)7-10-4-3-5-14(10)2/h8-10,15H,3-7H2,1-2H3. The summed E-state index contributed by atoms with van der Waals surface area (Å²) in [5.74, 6) is 1.58. The molecular formula is C12H20N2O2. The van der Waals surface area contributed by atoms with E-state index in [4.69, 9.17) is 4.42 Å². The summed E-state index contributed by atoms with van der Waals surface area (Å²) in [4.78, 5) is 6.62. The molecule has 0 bridgehead atoms. The van der Waals surface area contributed by atoms with Gasteiger partial charge in [0.15, 0.2) is 5.89 Å². The van der Waals surface area contributed by atoms with Gasteiger partial charge in [-0.3, -0.25) is 0 Å². The normalized spacial score (nSPS) is 23.8. The van der Waals surface area contributed by atoms with Crippen LogP contribution in [0.25, 0.3) is 0 Å². The van der Waals surface area contributed by atoms with Crippen LogP contribution in [0.15, 0.2) is 10.6 Å². The maximum atomic E-state index is 9.25. The van der Waals surface area contributed by atoms with Crippen molar-refractivity contribution in [1.82, 2.24) is 9.88 Å². The minimum Gasteiger partial charge on any atom is -0.446 e. The molecule has 0 aliphatic carbocycles. The third-order valence-corrected chi connectivity index (χ3v) is 3.18. The minimum absolute atomic E-state index is 0.366. The number of oxazole rings is 1. The Balaban J connectivity index is 1.92. The Hall–Kier alpha value is -0.870. The molecule has 0 amide bonds. The molecule has 90 valence electrons. The minimum atomic E-state index is -0.366. The number of aromatic nitrogens is 1. The summed E-state index contributed by atoms with van der Waals surface area (Å²) >= 11 is 0. The van der Waals surface area contributed by atoms with E-state index < -0.39 is 0 Å². The smallest absolute Gasteiger partial charge is 0.195 e. The predicted octanol–water partition coefficient (Wildman–Crippen LogP) is 1.23. The predicted molar refractivity (Wildman–Crippen MR) is 61.2 cm³/mol. The van der Waals surface area contributed by atoms with Crippen LogP contribution in [0.2, 0.25) is 0 Å². The van der Waals surface area contributed by atoms with Crippen molar-refractivity contribution < 1.29 is 9.52 Å². The zero-order valence-corrected chi connectivity index (χ0v) is 10.0. The number of hydrogen-bond acceptors (Lipinski definition) is 4. The highest BCUT2D eigenvalue weighted by Gasteiger charge is 2.22. The Morgan fingerprint density at radius 3 is 3.12 bits per heavy atom. The molecule has 1 aliphatic rings. The molecule has 1 N–H and O–H groups in total. The monoisotopic (exact) mass is 224 g/mol. The number of nitrogens with zero attached hydrogens (tertiary/aromatic N) is 2. The van der Waals surface area contributed by atoms with Gasteiger partial charge in [0.25, 0.3) is 0 Å². The average Bonchev–Trinajstić information content (AvgIpc) is 2.77. The van der Waals surface area contributed by atoms with Gasteiger partial charge in [-0.25, -0.2) is 4.98 Å². The quantitative estimate of drug-likeness (QED) is 0.836. The van der Waals surface area contributed by atoms with Gasteiger partial charge < -0.3 is 14.4 Å². The van der Waals surface area contributed by atoms with Crippen molar-refractivity contribution in [1.29, 1.82) is 0 Å². The Morgan fingerprint density at radius 1 is 1.69 bits per heavy atom. The second-order valence-corrected chi connectivity index (χ2v) is 4.75. The number of likely N-dealkylation sites (tertiary alicyclic amines) is 1.